The van der Waals surface area contributed by atoms with Gasteiger partial charge in [0.15, 0.2) is 11.4 Å². The van der Waals surface area contributed by atoms with Crippen LogP contribution in [-0.4, -0.2) is 68.5 Å². The van der Waals surface area contributed by atoms with Crippen LogP contribution in [0.3, 0.4) is 0 Å². The SMILES string of the molecule is CN(C)C1C(O)=C(C(N)=O)C(=O)[C@@]2(O)C(O)=C3C(=O)c4c(O)ccc(CNCc5ccc(F)cc5)c4C[C@H]3C[C@@H]12. The van der Waals surface area contributed by atoms with E-state index in [2.05, 4.69) is 5.32 Å². The number of primary amides is 1. The number of fused-ring (bicyclic) bond motifs is 3. The summed E-state index contributed by atoms with van der Waals surface area (Å²) in [6, 6.07) is 8.03. The van der Waals surface area contributed by atoms with E-state index >= 15 is 0 Å². The van der Waals surface area contributed by atoms with Gasteiger partial charge in [-0.15, -0.1) is 0 Å². The molecule has 0 heterocycles. The molecule has 4 atom stereocenters. The number of nitrogens with two attached hydrogens (primary N) is 1. The second-order valence-corrected chi connectivity index (χ2v) is 10.8. The third-order valence-corrected chi connectivity index (χ3v) is 8.26. The minimum Gasteiger partial charge on any atom is -0.510 e. The average molecular weight is 552 g/mol. The number of halogens is 1. The molecule has 2 aromatic carbocycles. The number of aliphatic hydroxyl groups is 3. The largest absolute Gasteiger partial charge is 0.510 e. The van der Waals surface area contributed by atoms with Gasteiger partial charge in [-0.3, -0.25) is 19.3 Å². The molecule has 11 heteroatoms. The molecule has 3 aliphatic rings. The smallest absolute Gasteiger partial charge is 0.255 e. The number of ketones is 2. The number of aliphatic hydroxyl groups excluding tert-OH is 2. The molecule has 1 unspecified atom stereocenters. The highest BCUT2D eigenvalue weighted by atomic mass is 19.1. The van der Waals surface area contributed by atoms with Crippen LogP contribution in [0.15, 0.2) is 59.1 Å². The molecule has 3 aliphatic carbocycles. The van der Waals surface area contributed by atoms with Crippen LogP contribution in [0.25, 0.3) is 0 Å². The lowest BCUT2D eigenvalue weighted by molar-refractivity contribution is -0.148. The number of benzene rings is 2. The second kappa shape index (κ2) is 9.84. The Hall–Kier alpha value is -4.06. The summed E-state index contributed by atoms with van der Waals surface area (Å²) in [6.07, 6.45) is 0.223. The molecule has 0 aromatic heterocycles. The van der Waals surface area contributed by atoms with Gasteiger partial charge in [-0.1, -0.05) is 18.2 Å². The van der Waals surface area contributed by atoms with Gasteiger partial charge in [0.05, 0.1) is 11.6 Å². The van der Waals surface area contributed by atoms with Crippen molar-refractivity contribution in [3.63, 3.8) is 0 Å². The van der Waals surface area contributed by atoms with Crippen molar-refractivity contribution in [1.82, 2.24) is 10.2 Å². The van der Waals surface area contributed by atoms with E-state index in [1.807, 2.05) is 0 Å². The fourth-order valence-electron chi connectivity index (χ4n) is 6.42. The lowest BCUT2D eigenvalue weighted by atomic mass is 9.58. The zero-order valence-electron chi connectivity index (χ0n) is 21.9. The number of carbonyl (C=O) groups excluding carboxylic acids is 3. The highest BCUT2D eigenvalue weighted by Gasteiger charge is 2.63. The Labute approximate surface area is 229 Å². The number of phenolic OH excluding ortho intramolecular Hbond substituents is 1. The van der Waals surface area contributed by atoms with Crippen LogP contribution in [0.1, 0.15) is 33.5 Å². The maximum Gasteiger partial charge on any atom is 0.255 e. The third-order valence-electron chi connectivity index (χ3n) is 8.26. The molecule has 0 aliphatic heterocycles. The van der Waals surface area contributed by atoms with Gasteiger partial charge in [0, 0.05) is 24.6 Å². The molecule has 10 nitrogen and oxygen atoms in total. The van der Waals surface area contributed by atoms with E-state index in [0.29, 0.717) is 18.7 Å². The van der Waals surface area contributed by atoms with Crippen molar-refractivity contribution in [2.75, 3.05) is 14.1 Å². The number of carbonyl (C=O) groups is 3. The predicted molar refractivity (Wildman–Crippen MR) is 141 cm³/mol. The van der Waals surface area contributed by atoms with Crippen LogP contribution in [0.5, 0.6) is 5.75 Å². The number of allylic oxidation sites excluding steroid dienone is 1. The van der Waals surface area contributed by atoms with Crippen molar-refractivity contribution in [2.24, 2.45) is 17.6 Å². The molecular formula is C29H30FN3O7. The predicted octanol–water partition coefficient (Wildman–Crippen LogP) is 1.55. The molecule has 0 radical (unpaired) electrons. The Kier molecular flexibility index (Phi) is 6.77. The monoisotopic (exact) mass is 551 g/mol. The van der Waals surface area contributed by atoms with Crippen LogP contribution in [0.4, 0.5) is 4.39 Å². The highest BCUT2D eigenvalue weighted by molar-refractivity contribution is 6.24. The van der Waals surface area contributed by atoms with Crippen LogP contribution in [0, 0.1) is 17.7 Å². The molecule has 0 bridgehead atoms. The first-order chi connectivity index (χ1) is 18.9. The quantitative estimate of drug-likeness (QED) is 0.291. The van der Waals surface area contributed by atoms with E-state index in [9.17, 15) is 39.2 Å². The number of hydrogen-bond donors (Lipinski definition) is 6. The van der Waals surface area contributed by atoms with Crippen LogP contribution in [-0.2, 0) is 29.1 Å². The Morgan fingerprint density at radius 2 is 1.77 bits per heavy atom. The summed E-state index contributed by atoms with van der Waals surface area (Å²) in [5.41, 5.74) is 3.74. The first-order valence-corrected chi connectivity index (χ1v) is 12.8. The normalized spacial score (nSPS) is 26.1. The van der Waals surface area contributed by atoms with Crippen molar-refractivity contribution in [1.29, 1.82) is 0 Å². The van der Waals surface area contributed by atoms with Gasteiger partial charge >= 0.3 is 0 Å². The Bertz CT molecular complexity index is 1500. The molecular weight excluding hydrogens is 521 g/mol. The van der Waals surface area contributed by atoms with E-state index in [-0.39, 0.29) is 35.5 Å². The van der Waals surface area contributed by atoms with Crippen molar-refractivity contribution in [2.45, 2.75) is 37.6 Å². The van der Waals surface area contributed by atoms with Gasteiger partial charge < -0.3 is 31.5 Å². The van der Waals surface area contributed by atoms with Crippen LogP contribution in [0.2, 0.25) is 0 Å². The van der Waals surface area contributed by atoms with Gasteiger partial charge in [-0.2, -0.15) is 0 Å². The number of phenols is 1. The van der Waals surface area contributed by atoms with Crippen LogP contribution < -0.4 is 11.1 Å². The van der Waals surface area contributed by atoms with Crippen molar-refractivity contribution in [3.8, 4) is 5.75 Å². The Balaban J connectivity index is 1.54. The van der Waals surface area contributed by atoms with Crippen LogP contribution >= 0.6 is 0 Å². The van der Waals surface area contributed by atoms with E-state index < -0.39 is 58.0 Å². The molecule has 0 saturated heterocycles. The van der Waals surface area contributed by atoms with Crippen molar-refractivity contribution < 1.29 is 39.2 Å². The van der Waals surface area contributed by atoms with E-state index in [4.69, 9.17) is 5.73 Å². The molecule has 7 N–H and O–H groups in total. The average Bonchev–Trinajstić information content (AvgIpc) is 2.88. The lowest BCUT2D eigenvalue weighted by Crippen LogP contribution is -2.63. The lowest BCUT2D eigenvalue weighted by Gasteiger charge is -2.50. The van der Waals surface area contributed by atoms with Gasteiger partial charge in [-0.05, 0) is 67.7 Å². The summed E-state index contributed by atoms with van der Waals surface area (Å²) in [4.78, 5) is 40.7. The number of hydrogen-bond acceptors (Lipinski definition) is 9. The van der Waals surface area contributed by atoms with E-state index in [1.165, 1.54) is 23.1 Å². The second-order valence-electron chi connectivity index (χ2n) is 10.8. The zero-order valence-corrected chi connectivity index (χ0v) is 21.9. The minimum absolute atomic E-state index is 0.0177. The first-order valence-electron chi connectivity index (χ1n) is 12.8. The standard InChI is InChI=1S/C29H30FN3O7/c1-33(2)23-18-10-15-9-17-14(12-32-11-13-3-6-16(30)7-4-13)5-8-19(34)21(17)24(35)20(15)26(37)29(18,40)27(38)22(25(23)36)28(31)39/h3-8,15,18,23,32,34,36-37,40H,9-12H2,1-2H3,(H2,31,39)/t15-,18-,23?,29-/m0/s1. The van der Waals surface area contributed by atoms with Gasteiger partial charge in [0.1, 0.15) is 28.7 Å². The fraction of sp³-hybridized carbons (Fsp3) is 0.345. The van der Waals surface area contributed by atoms with Gasteiger partial charge in [-0.25, -0.2) is 4.39 Å². The summed E-state index contributed by atoms with van der Waals surface area (Å²) in [5.74, 6) is -7.17. The topological polar surface area (TPSA) is 173 Å². The molecule has 40 heavy (non-hydrogen) atoms. The minimum atomic E-state index is -2.67. The van der Waals surface area contributed by atoms with Crippen molar-refractivity contribution >= 4 is 17.5 Å². The number of aromatic hydroxyl groups is 1. The molecule has 1 amide bonds. The fourth-order valence-corrected chi connectivity index (χ4v) is 6.42. The summed E-state index contributed by atoms with van der Waals surface area (Å²) >= 11 is 0. The molecule has 0 spiro atoms. The number of amides is 1. The summed E-state index contributed by atoms with van der Waals surface area (Å²) < 4.78 is 13.2. The maximum atomic E-state index is 13.8. The molecule has 210 valence electrons. The third kappa shape index (κ3) is 4.09. The molecule has 0 fully saturated rings. The first kappa shape index (κ1) is 27.5. The molecule has 2 aromatic rings. The summed E-state index contributed by atoms with van der Waals surface area (Å²) in [7, 11) is 3.16. The zero-order chi connectivity index (χ0) is 29.1. The number of nitrogens with one attached hydrogen (secondary N) is 1. The highest BCUT2D eigenvalue weighted by Crippen LogP contribution is 2.52. The maximum absolute atomic E-state index is 13.8. The molecule has 5 rings (SSSR count). The Morgan fingerprint density at radius 3 is 2.40 bits per heavy atom. The van der Waals surface area contributed by atoms with Gasteiger partial charge in [0.2, 0.25) is 5.78 Å². The number of nitrogens with zero attached hydrogens (tertiary/aromatic N) is 1. The van der Waals surface area contributed by atoms with Gasteiger partial charge in [0.25, 0.3) is 5.91 Å². The molecule has 0 saturated carbocycles. The van der Waals surface area contributed by atoms with E-state index in [1.54, 1.807) is 32.3 Å². The number of Topliss-reactive ketones (excluding diaryl/α,β-unsaturated/α-hetero) is 2. The van der Waals surface area contributed by atoms with Crippen molar-refractivity contribution in [3.05, 3.63) is 87.1 Å². The number of rotatable bonds is 6. The summed E-state index contributed by atoms with van der Waals surface area (Å²) in [5, 5.41) is 47.8. The Morgan fingerprint density at radius 1 is 1.10 bits per heavy atom. The number of likely N-dealkylation sites (N-methyl/N-ethyl adjacent to an activating group) is 1. The van der Waals surface area contributed by atoms with E-state index in [0.717, 1.165) is 11.1 Å². The summed E-state index contributed by atoms with van der Waals surface area (Å²) in [6.45, 7) is 0.747.